The lowest BCUT2D eigenvalue weighted by molar-refractivity contribution is 0.583. The number of benzene rings is 1. The Hall–Kier alpha value is -1.74. The first kappa shape index (κ1) is 10.4. The summed E-state index contributed by atoms with van der Waals surface area (Å²) in [6.07, 6.45) is 1.58. The highest BCUT2D eigenvalue weighted by atomic mass is 32.1. The Bertz CT molecular complexity index is 688. The Morgan fingerprint density at radius 1 is 1.18 bits per heavy atom. The van der Waals surface area contributed by atoms with Gasteiger partial charge >= 0.3 is 0 Å². The van der Waals surface area contributed by atoms with Crippen LogP contribution in [-0.2, 0) is 0 Å². The van der Waals surface area contributed by atoms with Crippen LogP contribution in [0.15, 0.2) is 41.9 Å². The normalized spacial score (nSPS) is 10.9. The molecular formula is C14H10FNS. The molecule has 0 atom stereocenters. The number of aryl methyl sites for hydroxylation is 1. The first-order valence-corrected chi connectivity index (χ1v) is 6.22. The first-order valence-electron chi connectivity index (χ1n) is 5.34. The van der Waals surface area contributed by atoms with Crippen LogP contribution in [0.1, 0.15) is 5.56 Å². The molecule has 2 heterocycles. The van der Waals surface area contributed by atoms with E-state index in [9.17, 15) is 4.39 Å². The lowest BCUT2D eigenvalue weighted by Crippen LogP contribution is -1.89. The van der Waals surface area contributed by atoms with Crippen molar-refractivity contribution in [1.82, 2.24) is 4.98 Å². The summed E-state index contributed by atoms with van der Waals surface area (Å²) in [7, 11) is 0. The quantitative estimate of drug-likeness (QED) is 0.577. The number of nitrogens with zero attached hydrogens (tertiary/aromatic N) is 1. The Morgan fingerprint density at radius 3 is 2.94 bits per heavy atom. The van der Waals surface area contributed by atoms with Crippen LogP contribution in [0.4, 0.5) is 4.39 Å². The number of thiophene rings is 1. The number of halogens is 1. The maximum Gasteiger partial charge on any atom is 0.213 e. The Kier molecular flexibility index (Phi) is 2.41. The van der Waals surface area contributed by atoms with E-state index in [2.05, 4.69) is 22.5 Å². The van der Waals surface area contributed by atoms with Gasteiger partial charge in [0.2, 0.25) is 5.95 Å². The molecule has 0 fully saturated rings. The molecule has 0 bridgehead atoms. The van der Waals surface area contributed by atoms with E-state index in [-0.39, 0.29) is 0 Å². The number of pyridine rings is 1. The van der Waals surface area contributed by atoms with Crippen molar-refractivity contribution in [1.29, 1.82) is 0 Å². The molecule has 3 heteroatoms. The van der Waals surface area contributed by atoms with E-state index >= 15 is 0 Å². The van der Waals surface area contributed by atoms with Crippen LogP contribution in [0.3, 0.4) is 0 Å². The smallest absolute Gasteiger partial charge is 0.213 e. The second-order valence-electron chi connectivity index (χ2n) is 3.97. The molecule has 0 spiro atoms. The molecule has 3 aromatic rings. The second kappa shape index (κ2) is 3.93. The molecule has 0 N–H and O–H groups in total. The van der Waals surface area contributed by atoms with E-state index in [1.165, 1.54) is 16.2 Å². The number of rotatable bonds is 1. The van der Waals surface area contributed by atoms with Gasteiger partial charge in [-0.15, -0.1) is 11.3 Å². The van der Waals surface area contributed by atoms with Crippen molar-refractivity contribution >= 4 is 21.4 Å². The number of hydrogen-bond donors (Lipinski definition) is 0. The van der Waals surface area contributed by atoms with Crippen molar-refractivity contribution in [3.8, 4) is 11.1 Å². The zero-order valence-corrected chi connectivity index (χ0v) is 10.1. The average Bonchev–Trinajstić information content (AvgIpc) is 2.80. The maximum atomic E-state index is 13.3. The first-order chi connectivity index (χ1) is 8.25. The molecule has 0 aliphatic rings. The average molecular weight is 243 g/mol. The predicted molar refractivity (Wildman–Crippen MR) is 69.8 cm³/mol. The summed E-state index contributed by atoms with van der Waals surface area (Å²) in [5.41, 5.74) is 2.99. The molecule has 3 rings (SSSR count). The van der Waals surface area contributed by atoms with Crippen LogP contribution < -0.4 is 0 Å². The van der Waals surface area contributed by atoms with Crippen molar-refractivity contribution in [3.05, 3.63) is 53.4 Å². The number of aromatic nitrogens is 1. The van der Waals surface area contributed by atoms with Gasteiger partial charge in [-0.1, -0.05) is 18.2 Å². The second-order valence-corrected chi connectivity index (χ2v) is 4.88. The fourth-order valence-corrected chi connectivity index (χ4v) is 2.92. The van der Waals surface area contributed by atoms with E-state index in [0.29, 0.717) is 0 Å². The largest absolute Gasteiger partial charge is 0.228 e. The van der Waals surface area contributed by atoms with Gasteiger partial charge in [-0.3, -0.25) is 0 Å². The zero-order chi connectivity index (χ0) is 11.8. The molecule has 0 radical (unpaired) electrons. The summed E-state index contributed by atoms with van der Waals surface area (Å²) in [6, 6.07) is 9.69. The van der Waals surface area contributed by atoms with E-state index in [1.54, 1.807) is 17.5 Å². The molecule has 1 nitrogen and oxygen atoms in total. The van der Waals surface area contributed by atoms with Gasteiger partial charge in [0.1, 0.15) is 0 Å². The molecule has 0 aliphatic carbocycles. The standard InChI is InChI=1S/C14H10FNS/c1-9-8-16-13(15)7-12(9)11-4-2-3-10-5-6-17-14(10)11/h2-8H,1H3. The monoisotopic (exact) mass is 243 g/mol. The van der Waals surface area contributed by atoms with Gasteiger partial charge in [0.05, 0.1) is 0 Å². The van der Waals surface area contributed by atoms with E-state index < -0.39 is 5.95 Å². The summed E-state index contributed by atoms with van der Waals surface area (Å²) in [5, 5.41) is 3.25. The van der Waals surface area contributed by atoms with Crippen LogP contribution in [0.2, 0.25) is 0 Å². The maximum absolute atomic E-state index is 13.3. The highest BCUT2D eigenvalue weighted by molar-refractivity contribution is 7.17. The van der Waals surface area contributed by atoms with Crippen LogP contribution in [0, 0.1) is 12.9 Å². The molecule has 2 aromatic heterocycles. The third kappa shape index (κ3) is 1.72. The van der Waals surface area contributed by atoms with Crippen molar-refractivity contribution < 1.29 is 4.39 Å². The Labute approximate surface area is 103 Å². The summed E-state index contributed by atoms with van der Waals surface area (Å²) in [6.45, 7) is 1.95. The van der Waals surface area contributed by atoms with Crippen LogP contribution in [0.25, 0.3) is 21.2 Å². The molecule has 84 valence electrons. The zero-order valence-electron chi connectivity index (χ0n) is 9.27. The van der Waals surface area contributed by atoms with Crippen molar-refractivity contribution in [2.75, 3.05) is 0 Å². The lowest BCUT2D eigenvalue weighted by Gasteiger charge is -2.06. The summed E-state index contributed by atoms with van der Waals surface area (Å²) < 4.78 is 14.4. The lowest BCUT2D eigenvalue weighted by atomic mass is 10.0. The van der Waals surface area contributed by atoms with Gasteiger partial charge in [-0.05, 0) is 40.4 Å². The van der Waals surface area contributed by atoms with Crippen LogP contribution >= 0.6 is 11.3 Å². The van der Waals surface area contributed by atoms with Crippen molar-refractivity contribution in [2.24, 2.45) is 0 Å². The van der Waals surface area contributed by atoms with Gasteiger partial charge < -0.3 is 0 Å². The molecule has 17 heavy (non-hydrogen) atoms. The minimum absolute atomic E-state index is 0.431. The summed E-state index contributed by atoms with van der Waals surface area (Å²) in [5.74, 6) is -0.431. The molecule has 1 aromatic carbocycles. The van der Waals surface area contributed by atoms with Crippen molar-refractivity contribution in [2.45, 2.75) is 6.92 Å². The minimum atomic E-state index is -0.431. The van der Waals surface area contributed by atoms with Crippen LogP contribution in [0.5, 0.6) is 0 Å². The molecular weight excluding hydrogens is 233 g/mol. The van der Waals surface area contributed by atoms with Crippen LogP contribution in [-0.4, -0.2) is 4.98 Å². The van der Waals surface area contributed by atoms with E-state index in [4.69, 9.17) is 0 Å². The fraction of sp³-hybridized carbons (Fsp3) is 0.0714. The topological polar surface area (TPSA) is 12.9 Å². The molecule has 0 amide bonds. The molecule has 0 unspecified atom stereocenters. The van der Waals surface area contributed by atoms with Gasteiger partial charge in [-0.25, -0.2) is 4.98 Å². The number of hydrogen-bond acceptors (Lipinski definition) is 2. The van der Waals surface area contributed by atoms with E-state index in [1.807, 2.05) is 19.1 Å². The predicted octanol–water partition coefficient (Wildman–Crippen LogP) is 4.41. The van der Waals surface area contributed by atoms with Gasteiger partial charge in [0.25, 0.3) is 0 Å². The highest BCUT2D eigenvalue weighted by Crippen LogP contribution is 2.33. The fourth-order valence-electron chi connectivity index (χ4n) is 1.99. The third-order valence-corrected chi connectivity index (χ3v) is 3.80. The minimum Gasteiger partial charge on any atom is -0.228 e. The van der Waals surface area contributed by atoms with Crippen molar-refractivity contribution in [3.63, 3.8) is 0 Å². The Balaban J connectivity index is 2.34. The molecule has 0 saturated carbocycles. The highest BCUT2D eigenvalue weighted by Gasteiger charge is 2.08. The SMILES string of the molecule is Cc1cnc(F)cc1-c1cccc2ccsc12. The molecule has 0 saturated heterocycles. The van der Waals surface area contributed by atoms with Gasteiger partial charge in [-0.2, -0.15) is 4.39 Å². The van der Waals surface area contributed by atoms with Gasteiger partial charge in [0.15, 0.2) is 0 Å². The number of fused-ring (bicyclic) bond motifs is 1. The summed E-state index contributed by atoms with van der Waals surface area (Å²) in [4.78, 5) is 3.67. The Morgan fingerprint density at radius 2 is 2.06 bits per heavy atom. The van der Waals surface area contributed by atoms with Gasteiger partial charge in [0, 0.05) is 17.0 Å². The van der Waals surface area contributed by atoms with E-state index in [0.717, 1.165) is 16.7 Å². The molecule has 0 aliphatic heterocycles. The summed E-state index contributed by atoms with van der Waals surface area (Å²) >= 11 is 1.68. The third-order valence-electron chi connectivity index (χ3n) is 2.84.